The topological polar surface area (TPSA) is 77.6 Å². The third-order valence-electron chi connectivity index (χ3n) is 4.40. The lowest BCUT2D eigenvalue weighted by Gasteiger charge is -2.06. The van der Waals surface area contributed by atoms with Crippen LogP contribution in [0.25, 0.3) is 10.9 Å². The maximum Gasteiger partial charge on any atom is 0.175 e. The SMILES string of the molecule is CC(C)c1ccc(CSc2nnc(SCc3nc(N)c4ccccc4n3)s2)cc1. The molecule has 29 heavy (non-hydrogen) atoms. The van der Waals surface area contributed by atoms with Gasteiger partial charge in [0.25, 0.3) is 0 Å². The summed E-state index contributed by atoms with van der Waals surface area (Å²) in [6, 6.07) is 16.6. The van der Waals surface area contributed by atoms with Crippen molar-refractivity contribution in [2.24, 2.45) is 0 Å². The predicted molar refractivity (Wildman–Crippen MR) is 124 cm³/mol. The summed E-state index contributed by atoms with van der Waals surface area (Å²) in [4.78, 5) is 9.01. The van der Waals surface area contributed by atoms with E-state index in [4.69, 9.17) is 5.73 Å². The van der Waals surface area contributed by atoms with Crippen molar-refractivity contribution in [3.63, 3.8) is 0 Å². The van der Waals surface area contributed by atoms with E-state index in [-0.39, 0.29) is 0 Å². The summed E-state index contributed by atoms with van der Waals surface area (Å²) in [6.07, 6.45) is 0. The van der Waals surface area contributed by atoms with Gasteiger partial charge in [0, 0.05) is 11.1 Å². The van der Waals surface area contributed by atoms with Crippen molar-refractivity contribution in [1.82, 2.24) is 20.2 Å². The van der Waals surface area contributed by atoms with Crippen LogP contribution in [-0.2, 0) is 11.5 Å². The van der Waals surface area contributed by atoms with Gasteiger partial charge in [-0.1, -0.05) is 85.1 Å². The molecule has 5 nitrogen and oxygen atoms in total. The summed E-state index contributed by atoms with van der Waals surface area (Å²) in [5.41, 5.74) is 9.59. The fourth-order valence-corrected chi connectivity index (χ4v) is 5.63. The second-order valence-corrected chi connectivity index (χ2v) is 10.3. The standard InChI is InChI=1S/C21H21N5S3/c1-13(2)15-9-7-14(8-10-15)11-27-20-25-26-21(29-20)28-12-18-23-17-6-4-3-5-16(17)19(22)24-18/h3-10,13H,11-12H2,1-2H3,(H2,22,23,24). The fraction of sp³-hybridized carbons (Fsp3) is 0.238. The molecule has 0 aliphatic heterocycles. The molecule has 0 amide bonds. The van der Waals surface area contributed by atoms with Crippen molar-refractivity contribution in [1.29, 1.82) is 0 Å². The van der Waals surface area contributed by atoms with Gasteiger partial charge in [-0.25, -0.2) is 9.97 Å². The molecule has 0 saturated carbocycles. The first-order valence-corrected chi connectivity index (χ1v) is 12.1. The van der Waals surface area contributed by atoms with E-state index in [9.17, 15) is 0 Å². The van der Waals surface area contributed by atoms with Crippen molar-refractivity contribution in [3.05, 3.63) is 65.5 Å². The Morgan fingerprint density at radius 3 is 2.31 bits per heavy atom. The number of aromatic nitrogens is 4. The average molecular weight is 440 g/mol. The van der Waals surface area contributed by atoms with Crippen molar-refractivity contribution in [2.75, 3.05) is 5.73 Å². The molecule has 2 N–H and O–H groups in total. The monoisotopic (exact) mass is 439 g/mol. The van der Waals surface area contributed by atoms with Gasteiger partial charge in [0.05, 0.1) is 11.3 Å². The number of benzene rings is 2. The number of nitrogens with two attached hydrogens (primary N) is 1. The van der Waals surface area contributed by atoms with Crippen LogP contribution in [0.15, 0.2) is 57.2 Å². The number of anilines is 1. The maximum absolute atomic E-state index is 6.06. The molecule has 2 heterocycles. The Balaban J connectivity index is 1.34. The van der Waals surface area contributed by atoms with Crippen molar-refractivity contribution >= 4 is 51.6 Å². The van der Waals surface area contributed by atoms with Crippen LogP contribution in [0, 0.1) is 0 Å². The maximum atomic E-state index is 6.06. The molecule has 0 radical (unpaired) electrons. The molecular weight excluding hydrogens is 418 g/mol. The first-order valence-electron chi connectivity index (χ1n) is 9.27. The number of para-hydroxylation sites is 1. The van der Waals surface area contributed by atoms with Crippen LogP contribution in [0.3, 0.4) is 0 Å². The molecule has 2 aromatic heterocycles. The summed E-state index contributed by atoms with van der Waals surface area (Å²) in [7, 11) is 0. The molecule has 4 aromatic rings. The molecular formula is C21H21N5S3. The number of rotatable bonds is 7. The lowest BCUT2D eigenvalue weighted by molar-refractivity contribution is 0.866. The van der Waals surface area contributed by atoms with E-state index in [1.54, 1.807) is 34.9 Å². The minimum absolute atomic E-state index is 0.517. The predicted octanol–water partition coefficient (Wildman–Crippen LogP) is 5.77. The molecule has 8 heteroatoms. The normalized spacial score (nSPS) is 11.4. The van der Waals surface area contributed by atoms with Crippen LogP contribution >= 0.6 is 34.9 Å². The summed E-state index contributed by atoms with van der Waals surface area (Å²) in [5.74, 6) is 3.29. The quantitative estimate of drug-likeness (QED) is 0.366. The van der Waals surface area contributed by atoms with Crippen molar-refractivity contribution < 1.29 is 0 Å². The van der Waals surface area contributed by atoms with Gasteiger partial charge in [-0.2, -0.15) is 0 Å². The molecule has 2 aromatic carbocycles. The number of nitrogens with zero attached hydrogens (tertiary/aromatic N) is 4. The van der Waals surface area contributed by atoms with E-state index in [0.717, 1.165) is 25.3 Å². The van der Waals surface area contributed by atoms with Crippen LogP contribution in [0.1, 0.15) is 36.7 Å². The molecule has 148 valence electrons. The van der Waals surface area contributed by atoms with E-state index in [2.05, 4.69) is 58.3 Å². The Bertz CT molecular complexity index is 1110. The zero-order valence-corrected chi connectivity index (χ0v) is 18.7. The van der Waals surface area contributed by atoms with Gasteiger partial charge in [0.1, 0.15) is 11.6 Å². The summed E-state index contributed by atoms with van der Waals surface area (Å²) >= 11 is 4.91. The van der Waals surface area contributed by atoms with Gasteiger partial charge in [0.2, 0.25) is 0 Å². The van der Waals surface area contributed by atoms with Crippen LogP contribution in [0.4, 0.5) is 5.82 Å². The molecule has 0 spiro atoms. The Labute approximate surface area is 182 Å². The molecule has 0 bridgehead atoms. The first-order chi connectivity index (χ1) is 14.1. The van der Waals surface area contributed by atoms with Gasteiger partial charge >= 0.3 is 0 Å². The Kier molecular flexibility index (Phi) is 6.32. The van der Waals surface area contributed by atoms with E-state index in [1.165, 1.54) is 11.1 Å². The third-order valence-corrected chi connectivity index (χ3v) is 7.66. The zero-order valence-electron chi connectivity index (χ0n) is 16.2. The highest BCUT2D eigenvalue weighted by atomic mass is 32.2. The highest BCUT2D eigenvalue weighted by Crippen LogP contribution is 2.32. The van der Waals surface area contributed by atoms with E-state index in [1.807, 2.05) is 24.3 Å². The average Bonchev–Trinajstić information content (AvgIpc) is 3.19. The largest absolute Gasteiger partial charge is 0.383 e. The second-order valence-electron chi connectivity index (χ2n) is 6.85. The fourth-order valence-electron chi connectivity index (χ4n) is 2.80. The van der Waals surface area contributed by atoms with Crippen LogP contribution in [0.5, 0.6) is 0 Å². The highest BCUT2D eigenvalue weighted by molar-refractivity contribution is 8.02. The minimum Gasteiger partial charge on any atom is -0.383 e. The summed E-state index contributed by atoms with van der Waals surface area (Å²) in [5, 5.41) is 9.48. The van der Waals surface area contributed by atoms with Gasteiger partial charge < -0.3 is 5.73 Å². The minimum atomic E-state index is 0.517. The molecule has 0 aliphatic rings. The smallest absolute Gasteiger partial charge is 0.175 e. The molecule has 0 aliphatic carbocycles. The van der Waals surface area contributed by atoms with Crippen LogP contribution in [0.2, 0.25) is 0 Å². The zero-order chi connectivity index (χ0) is 20.2. The van der Waals surface area contributed by atoms with Gasteiger partial charge in [-0.05, 0) is 29.2 Å². The Morgan fingerprint density at radius 1 is 0.897 bits per heavy atom. The number of thioether (sulfide) groups is 2. The molecule has 0 saturated heterocycles. The molecule has 0 atom stereocenters. The number of nitrogen functional groups attached to an aromatic ring is 1. The molecule has 0 unspecified atom stereocenters. The van der Waals surface area contributed by atoms with E-state index < -0.39 is 0 Å². The Hall–Kier alpha value is -2.16. The Morgan fingerprint density at radius 2 is 1.59 bits per heavy atom. The van der Waals surface area contributed by atoms with Gasteiger partial charge in [-0.15, -0.1) is 10.2 Å². The summed E-state index contributed by atoms with van der Waals surface area (Å²) in [6.45, 7) is 4.42. The summed E-state index contributed by atoms with van der Waals surface area (Å²) < 4.78 is 1.89. The van der Waals surface area contributed by atoms with Crippen molar-refractivity contribution in [2.45, 2.75) is 40.0 Å². The highest BCUT2D eigenvalue weighted by Gasteiger charge is 2.10. The van der Waals surface area contributed by atoms with E-state index in [0.29, 0.717) is 23.3 Å². The van der Waals surface area contributed by atoms with E-state index >= 15 is 0 Å². The number of fused-ring (bicyclic) bond motifs is 1. The van der Waals surface area contributed by atoms with Gasteiger partial charge in [-0.3, -0.25) is 0 Å². The second kappa shape index (κ2) is 9.11. The number of hydrogen-bond acceptors (Lipinski definition) is 8. The molecule has 4 rings (SSSR count). The third kappa shape index (κ3) is 5.07. The van der Waals surface area contributed by atoms with Gasteiger partial charge in [0.15, 0.2) is 8.68 Å². The van der Waals surface area contributed by atoms with Crippen LogP contribution < -0.4 is 5.73 Å². The number of hydrogen-bond donors (Lipinski definition) is 1. The molecule has 0 fully saturated rings. The van der Waals surface area contributed by atoms with Crippen molar-refractivity contribution in [3.8, 4) is 0 Å². The van der Waals surface area contributed by atoms with Crippen LogP contribution in [-0.4, -0.2) is 20.2 Å². The lowest BCUT2D eigenvalue weighted by atomic mass is 10.0. The first kappa shape index (κ1) is 20.1. The lowest BCUT2D eigenvalue weighted by Crippen LogP contribution is -1.99.